The van der Waals surface area contributed by atoms with Gasteiger partial charge < -0.3 is 14.6 Å². The maximum absolute atomic E-state index is 13.0. The largest absolute Gasteiger partial charge is 0.497 e. The van der Waals surface area contributed by atoms with Crippen LogP contribution >= 0.6 is 0 Å². The minimum Gasteiger partial charge on any atom is -0.497 e. The second-order valence-corrected chi connectivity index (χ2v) is 7.57. The fourth-order valence-electron chi connectivity index (χ4n) is 3.68. The van der Waals surface area contributed by atoms with Crippen LogP contribution < -0.4 is 4.74 Å². The first-order valence-corrected chi connectivity index (χ1v) is 10.6. The molecule has 0 bridgehead atoms. The highest BCUT2D eigenvalue weighted by Crippen LogP contribution is 2.33. The molecule has 7 heteroatoms. The molecule has 168 valence electrons. The molecular weight excluding hydrogens is 420 g/mol. The fourth-order valence-corrected chi connectivity index (χ4v) is 3.68. The molecule has 0 radical (unpaired) electrons. The Balaban J connectivity index is 1.51. The molecule has 1 heterocycles. The number of carbonyl (C=O) groups excluding carboxylic acids is 2. The number of methoxy groups -OCH3 is 1. The molecule has 4 rings (SSSR count). The van der Waals surface area contributed by atoms with Crippen LogP contribution in [0, 0.1) is 0 Å². The average Bonchev–Trinajstić information content (AvgIpc) is 3.33. The van der Waals surface area contributed by atoms with Crippen LogP contribution in [-0.4, -0.2) is 41.4 Å². The molecular formula is C26H24N2O5. The van der Waals surface area contributed by atoms with Gasteiger partial charge in [0.1, 0.15) is 5.75 Å². The Morgan fingerprint density at radius 3 is 2.27 bits per heavy atom. The second-order valence-electron chi connectivity index (χ2n) is 7.57. The van der Waals surface area contributed by atoms with Crippen molar-refractivity contribution < 1.29 is 24.2 Å². The van der Waals surface area contributed by atoms with Crippen molar-refractivity contribution in [3.63, 3.8) is 0 Å². The van der Waals surface area contributed by atoms with E-state index in [4.69, 9.17) is 9.47 Å². The van der Waals surface area contributed by atoms with Crippen molar-refractivity contribution in [2.75, 3.05) is 13.7 Å². The average molecular weight is 444 g/mol. The first-order chi connectivity index (χ1) is 16.1. The lowest BCUT2D eigenvalue weighted by atomic mass is 9.98. The smallest absolute Gasteiger partial charge is 0.340 e. The molecule has 2 unspecified atom stereocenters. The van der Waals surface area contributed by atoms with Crippen molar-refractivity contribution in [3.8, 4) is 5.75 Å². The van der Waals surface area contributed by atoms with Gasteiger partial charge in [0.15, 0.2) is 12.7 Å². The Morgan fingerprint density at radius 1 is 1.00 bits per heavy atom. The van der Waals surface area contributed by atoms with E-state index in [0.29, 0.717) is 17.7 Å². The summed E-state index contributed by atoms with van der Waals surface area (Å²) in [5, 5.41) is 16.1. The van der Waals surface area contributed by atoms with Crippen LogP contribution in [0.1, 0.15) is 35.3 Å². The van der Waals surface area contributed by atoms with Crippen molar-refractivity contribution in [3.05, 3.63) is 102 Å². The second kappa shape index (κ2) is 10.1. The summed E-state index contributed by atoms with van der Waals surface area (Å²) in [5.74, 6) is -0.653. The van der Waals surface area contributed by atoms with Crippen molar-refractivity contribution in [1.82, 2.24) is 5.01 Å². The number of nitrogens with zero attached hydrogens (tertiary/aromatic N) is 2. The number of hydrogen-bond acceptors (Lipinski definition) is 6. The first kappa shape index (κ1) is 22.2. The lowest BCUT2D eigenvalue weighted by Crippen LogP contribution is -2.32. The van der Waals surface area contributed by atoms with Crippen molar-refractivity contribution >= 4 is 17.6 Å². The number of hydrogen-bond donors (Lipinski definition) is 1. The van der Waals surface area contributed by atoms with E-state index >= 15 is 0 Å². The van der Waals surface area contributed by atoms with Crippen LogP contribution in [-0.2, 0) is 14.3 Å². The van der Waals surface area contributed by atoms with Gasteiger partial charge in [0.25, 0.3) is 5.91 Å². The number of benzene rings is 3. The zero-order valence-corrected chi connectivity index (χ0v) is 18.1. The van der Waals surface area contributed by atoms with E-state index in [0.717, 1.165) is 16.8 Å². The van der Waals surface area contributed by atoms with E-state index < -0.39 is 24.6 Å². The minimum absolute atomic E-state index is 0.351. The molecule has 3 aromatic rings. The van der Waals surface area contributed by atoms with Gasteiger partial charge in [0.2, 0.25) is 0 Å². The van der Waals surface area contributed by atoms with Gasteiger partial charge in [-0.25, -0.2) is 9.80 Å². The topological polar surface area (TPSA) is 88.4 Å². The number of rotatable bonds is 7. The molecule has 0 spiro atoms. The first-order valence-electron chi connectivity index (χ1n) is 10.6. The number of aliphatic hydroxyl groups is 1. The summed E-state index contributed by atoms with van der Waals surface area (Å²) in [6.45, 7) is -0.527. The van der Waals surface area contributed by atoms with E-state index in [2.05, 4.69) is 5.10 Å². The van der Waals surface area contributed by atoms with Gasteiger partial charge in [0, 0.05) is 6.42 Å². The molecule has 2 atom stereocenters. The SMILES string of the molecule is COc1ccc(C2CC(c3ccccc3)=NN2C(=O)COC(=O)C(O)c2ccccc2)cc1. The molecule has 1 aliphatic rings. The summed E-state index contributed by atoms with van der Waals surface area (Å²) in [6, 6.07) is 25.1. The Labute approximate surface area is 191 Å². The summed E-state index contributed by atoms with van der Waals surface area (Å²) < 4.78 is 10.4. The van der Waals surface area contributed by atoms with E-state index in [1.54, 1.807) is 37.4 Å². The number of carbonyl (C=O) groups is 2. The number of aliphatic hydroxyl groups excluding tert-OH is 1. The monoisotopic (exact) mass is 444 g/mol. The van der Waals surface area contributed by atoms with E-state index in [1.807, 2.05) is 54.6 Å². The zero-order valence-electron chi connectivity index (χ0n) is 18.1. The van der Waals surface area contributed by atoms with Gasteiger partial charge in [-0.1, -0.05) is 72.8 Å². The molecule has 1 amide bonds. The Hall–Kier alpha value is -3.97. The predicted molar refractivity (Wildman–Crippen MR) is 123 cm³/mol. The summed E-state index contributed by atoms with van der Waals surface area (Å²) in [6.07, 6.45) is -0.943. The zero-order chi connectivity index (χ0) is 23.2. The lowest BCUT2D eigenvalue weighted by Gasteiger charge is -2.22. The third kappa shape index (κ3) is 5.10. The minimum atomic E-state index is -1.46. The fraction of sp³-hybridized carbons (Fsp3) is 0.192. The third-order valence-electron chi connectivity index (χ3n) is 5.45. The third-order valence-corrected chi connectivity index (χ3v) is 5.45. The molecule has 1 N–H and O–H groups in total. The van der Waals surface area contributed by atoms with Gasteiger partial charge >= 0.3 is 5.97 Å². The number of ether oxygens (including phenoxy) is 2. The lowest BCUT2D eigenvalue weighted by molar-refractivity contribution is -0.160. The standard InChI is InChI=1S/C26H24N2O5/c1-32-21-14-12-19(13-15-21)23-16-22(18-8-4-2-5-9-18)27-28(23)24(29)17-33-26(31)25(30)20-10-6-3-7-11-20/h2-15,23,25,30H,16-17H2,1H3. The Morgan fingerprint density at radius 2 is 1.64 bits per heavy atom. The van der Waals surface area contributed by atoms with Crippen molar-refractivity contribution in [2.45, 2.75) is 18.6 Å². The van der Waals surface area contributed by atoms with Gasteiger partial charge in [-0.3, -0.25) is 4.79 Å². The number of esters is 1. The molecule has 0 saturated heterocycles. The van der Waals surface area contributed by atoms with Crippen LogP contribution in [0.5, 0.6) is 5.75 Å². The summed E-state index contributed by atoms with van der Waals surface area (Å²) >= 11 is 0. The van der Waals surface area contributed by atoms with Crippen LogP contribution in [0.25, 0.3) is 0 Å². The van der Waals surface area contributed by atoms with Crippen LogP contribution in [0.2, 0.25) is 0 Å². The van der Waals surface area contributed by atoms with Crippen LogP contribution in [0.15, 0.2) is 90.0 Å². The quantitative estimate of drug-likeness (QED) is 0.562. The summed E-state index contributed by atoms with van der Waals surface area (Å²) in [7, 11) is 1.59. The van der Waals surface area contributed by atoms with Gasteiger partial charge in [0.05, 0.1) is 18.9 Å². The van der Waals surface area contributed by atoms with E-state index in [9.17, 15) is 14.7 Å². The highest BCUT2D eigenvalue weighted by Gasteiger charge is 2.34. The van der Waals surface area contributed by atoms with Gasteiger partial charge in [-0.2, -0.15) is 5.10 Å². The van der Waals surface area contributed by atoms with Crippen molar-refractivity contribution in [2.24, 2.45) is 5.10 Å². The van der Waals surface area contributed by atoms with Gasteiger partial charge in [-0.15, -0.1) is 0 Å². The summed E-state index contributed by atoms with van der Waals surface area (Å²) in [5.41, 5.74) is 2.97. The normalized spacial score (nSPS) is 16.1. The predicted octanol–water partition coefficient (Wildman–Crippen LogP) is 3.65. The van der Waals surface area contributed by atoms with Crippen LogP contribution in [0.4, 0.5) is 0 Å². The maximum atomic E-state index is 13.0. The maximum Gasteiger partial charge on any atom is 0.340 e. The molecule has 0 aromatic heterocycles. The molecule has 3 aromatic carbocycles. The molecule has 7 nitrogen and oxygen atoms in total. The molecule has 33 heavy (non-hydrogen) atoms. The van der Waals surface area contributed by atoms with E-state index in [-0.39, 0.29) is 6.04 Å². The molecule has 0 aliphatic carbocycles. The van der Waals surface area contributed by atoms with E-state index in [1.165, 1.54) is 5.01 Å². The molecule has 0 saturated carbocycles. The molecule has 1 aliphatic heterocycles. The number of hydrazone groups is 1. The summed E-state index contributed by atoms with van der Waals surface area (Å²) in [4.78, 5) is 25.3. The van der Waals surface area contributed by atoms with Crippen molar-refractivity contribution in [1.29, 1.82) is 0 Å². The van der Waals surface area contributed by atoms with Gasteiger partial charge in [-0.05, 0) is 28.8 Å². The Bertz CT molecular complexity index is 1130. The highest BCUT2D eigenvalue weighted by molar-refractivity contribution is 6.03. The van der Waals surface area contributed by atoms with Crippen LogP contribution in [0.3, 0.4) is 0 Å². The highest BCUT2D eigenvalue weighted by atomic mass is 16.5. The molecule has 0 fully saturated rings. The number of amides is 1. The Kier molecular flexibility index (Phi) is 6.80.